The van der Waals surface area contributed by atoms with Crippen LogP contribution in [0.1, 0.15) is 44.3 Å². The average molecular weight is 256 g/mol. The van der Waals surface area contributed by atoms with Crippen LogP contribution in [0.3, 0.4) is 0 Å². The van der Waals surface area contributed by atoms with Crippen molar-refractivity contribution in [3.8, 4) is 0 Å². The molecule has 1 heterocycles. The van der Waals surface area contributed by atoms with Crippen LogP contribution in [-0.4, -0.2) is 22.4 Å². The molecule has 2 aliphatic carbocycles. The highest BCUT2D eigenvalue weighted by molar-refractivity contribution is 5.92. The second kappa shape index (κ2) is 3.83. The molecule has 1 amide bonds. The van der Waals surface area contributed by atoms with Crippen LogP contribution < -0.4 is 5.32 Å². The van der Waals surface area contributed by atoms with E-state index in [0.717, 1.165) is 12.8 Å². The van der Waals surface area contributed by atoms with Crippen LogP contribution in [0.15, 0.2) is 30.3 Å². The van der Waals surface area contributed by atoms with E-state index < -0.39 is 0 Å². The number of carbonyl (C=O) groups excluding carboxylic acids is 1. The lowest BCUT2D eigenvalue weighted by atomic mass is 10.1. The molecule has 1 aliphatic heterocycles. The molecule has 3 atom stereocenters. The topological polar surface area (TPSA) is 32.3 Å². The van der Waals surface area contributed by atoms with Gasteiger partial charge in [0, 0.05) is 6.04 Å². The Kier molecular flexibility index (Phi) is 2.31. The van der Waals surface area contributed by atoms with Gasteiger partial charge in [0.1, 0.15) is 11.7 Å². The summed E-state index contributed by atoms with van der Waals surface area (Å²) < 4.78 is 0. The molecular formula is C16H20N2O. The second-order valence-corrected chi connectivity index (χ2v) is 6.22. The van der Waals surface area contributed by atoms with Crippen molar-refractivity contribution in [3.63, 3.8) is 0 Å². The van der Waals surface area contributed by atoms with E-state index in [2.05, 4.69) is 41.4 Å². The molecule has 1 aromatic carbocycles. The molecular weight excluding hydrogens is 236 g/mol. The van der Waals surface area contributed by atoms with Crippen LogP contribution in [0.5, 0.6) is 0 Å². The third-order valence-electron chi connectivity index (χ3n) is 4.97. The fraction of sp³-hybridized carbons (Fsp3) is 0.562. The second-order valence-electron chi connectivity index (χ2n) is 6.22. The standard InChI is InChI=1S/C16H20N2O/c1-2-11-10-13(11)18-14(12-6-4-3-5-7-12)17-16(8-9-16)15(18)19/h3-7,11,13-14,17H,2,8-10H2,1H3. The molecule has 0 radical (unpaired) electrons. The van der Waals surface area contributed by atoms with E-state index >= 15 is 0 Å². The maximum absolute atomic E-state index is 12.7. The highest BCUT2D eigenvalue weighted by Gasteiger charge is 2.63. The van der Waals surface area contributed by atoms with Crippen LogP contribution in [0.25, 0.3) is 0 Å². The van der Waals surface area contributed by atoms with Crippen LogP contribution in [0.2, 0.25) is 0 Å². The minimum absolute atomic E-state index is 0.0951. The molecule has 3 fully saturated rings. The maximum atomic E-state index is 12.7. The quantitative estimate of drug-likeness (QED) is 0.901. The van der Waals surface area contributed by atoms with Crippen LogP contribution in [0, 0.1) is 5.92 Å². The van der Waals surface area contributed by atoms with E-state index in [-0.39, 0.29) is 11.7 Å². The Labute approximate surface area is 114 Å². The Hall–Kier alpha value is -1.35. The number of hydrogen-bond donors (Lipinski definition) is 1. The van der Waals surface area contributed by atoms with Crippen LogP contribution >= 0.6 is 0 Å². The van der Waals surface area contributed by atoms with Crippen molar-refractivity contribution in [2.45, 2.75) is 50.4 Å². The Morgan fingerprint density at radius 3 is 2.63 bits per heavy atom. The van der Waals surface area contributed by atoms with E-state index in [4.69, 9.17) is 0 Å². The first-order chi connectivity index (χ1) is 9.25. The van der Waals surface area contributed by atoms with Gasteiger partial charge < -0.3 is 4.90 Å². The molecule has 100 valence electrons. The van der Waals surface area contributed by atoms with Gasteiger partial charge in [-0.3, -0.25) is 10.1 Å². The summed E-state index contributed by atoms with van der Waals surface area (Å²) in [5.41, 5.74) is 1.02. The predicted molar refractivity (Wildman–Crippen MR) is 73.3 cm³/mol. The first kappa shape index (κ1) is 11.5. The van der Waals surface area contributed by atoms with Gasteiger partial charge in [0.25, 0.3) is 0 Å². The number of amides is 1. The highest BCUT2D eigenvalue weighted by Crippen LogP contribution is 2.51. The number of rotatable bonds is 3. The SMILES string of the molecule is CCC1CC1N1C(=O)C2(CC2)NC1c1ccccc1. The molecule has 0 aromatic heterocycles. The average Bonchev–Trinajstić information content (AvgIpc) is 3.33. The monoisotopic (exact) mass is 256 g/mol. The zero-order valence-electron chi connectivity index (χ0n) is 11.3. The lowest BCUT2D eigenvalue weighted by Crippen LogP contribution is -2.34. The summed E-state index contributed by atoms with van der Waals surface area (Å²) in [6.45, 7) is 2.23. The van der Waals surface area contributed by atoms with Crippen molar-refractivity contribution in [1.29, 1.82) is 0 Å². The normalized spacial score (nSPS) is 34.9. The number of nitrogens with zero attached hydrogens (tertiary/aromatic N) is 1. The van der Waals surface area contributed by atoms with Gasteiger partial charge in [-0.25, -0.2) is 0 Å². The summed E-state index contributed by atoms with van der Waals surface area (Å²) in [6.07, 6.45) is 4.48. The third kappa shape index (κ3) is 1.64. The largest absolute Gasteiger partial charge is 0.318 e. The lowest BCUT2D eigenvalue weighted by molar-refractivity contribution is -0.131. The molecule has 1 saturated heterocycles. The van der Waals surface area contributed by atoms with E-state index in [0.29, 0.717) is 17.9 Å². The fourth-order valence-electron chi connectivity index (χ4n) is 3.47. The van der Waals surface area contributed by atoms with Crippen molar-refractivity contribution in [1.82, 2.24) is 10.2 Å². The van der Waals surface area contributed by atoms with Gasteiger partial charge in [-0.2, -0.15) is 0 Å². The molecule has 1 spiro atoms. The molecule has 1 aromatic rings. The van der Waals surface area contributed by atoms with E-state index in [9.17, 15) is 4.79 Å². The number of benzene rings is 1. The first-order valence-corrected chi connectivity index (χ1v) is 7.40. The minimum atomic E-state index is -0.207. The van der Waals surface area contributed by atoms with Crippen molar-refractivity contribution in [3.05, 3.63) is 35.9 Å². The predicted octanol–water partition coefficient (Wildman–Crippen LogP) is 2.45. The number of carbonyl (C=O) groups is 1. The zero-order valence-corrected chi connectivity index (χ0v) is 11.3. The van der Waals surface area contributed by atoms with Gasteiger partial charge in [-0.1, -0.05) is 43.7 Å². The Balaban J connectivity index is 1.67. The van der Waals surface area contributed by atoms with E-state index in [1.54, 1.807) is 0 Å². The lowest BCUT2D eigenvalue weighted by Gasteiger charge is -2.25. The van der Waals surface area contributed by atoms with Gasteiger partial charge in [0.15, 0.2) is 0 Å². The molecule has 3 heteroatoms. The first-order valence-electron chi connectivity index (χ1n) is 7.40. The van der Waals surface area contributed by atoms with Gasteiger partial charge in [-0.15, -0.1) is 0 Å². The van der Waals surface area contributed by atoms with Gasteiger partial charge in [0.05, 0.1) is 0 Å². The number of nitrogens with one attached hydrogen (secondary N) is 1. The highest BCUT2D eigenvalue weighted by atomic mass is 16.2. The smallest absolute Gasteiger partial charge is 0.244 e. The molecule has 3 unspecified atom stereocenters. The Morgan fingerprint density at radius 2 is 2.05 bits per heavy atom. The Bertz CT molecular complexity index is 509. The molecule has 3 aliphatic rings. The summed E-state index contributed by atoms with van der Waals surface area (Å²) in [5.74, 6) is 1.06. The van der Waals surface area contributed by atoms with Gasteiger partial charge >= 0.3 is 0 Å². The molecule has 4 rings (SSSR count). The number of hydrogen-bond acceptors (Lipinski definition) is 2. The van der Waals surface area contributed by atoms with Crippen molar-refractivity contribution >= 4 is 5.91 Å². The van der Waals surface area contributed by atoms with Crippen molar-refractivity contribution in [2.24, 2.45) is 5.92 Å². The fourth-order valence-corrected chi connectivity index (χ4v) is 3.47. The van der Waals surface area contributed by atoms with E-state index in [1.807, 2.05) is 6.07 Å². The summed E-state index contributed by atoms with van der Waals surface area (Å²) >= 11 is 0. The maximum Gasteiger partial charge on any atom is 0.244 e. The van der Waals surface area contributed by atoms with Gasteiger partial charge in [-0.05, 0) is 30.7 Å². The van der Waals surface area contributed by atoms with Crippen LogP contribution in [-0.2, 0) is 4.79 Å². The van der Waals surface area contributed by atoms with Crippen molar-refractivity contribution < 1.29 is 4.79 Å². The summed E-state index contributed by atoms with van der Waals surface area (Å²) in [6, 6.07) is 10.9. The summed E-state index contributed by atoms with van der Waals surface area (Å²) in [4.78, 5) is 14.8. The molecule has 19 heavy (non-hydrogen) atoms. The zero-order chi connectivity index (χ0) is 13.0. The third-order valence-corrected chi connectivity index (χ3v) is 4.97. The van der Waals surface area contributed by atoms with Crippen LogP contribution in [0.4, 0.5) is 0 Å². The molecule has 0 bridgehead atoms. The van der Waals surface area contributed by atoms with E-state index in [1.165, 1.54) is 18.4 Å². The summed E-state index contributed by atoms with van der Waals surface area (Å²) in [7, 11) is 0. The molecule has 3 nitrogen and oxygen atoms in total. The molecule has 2 saturated carbocycles. The minimum Gasteiger partial charge on any atom is -0.318 e. The Morgan fingerprint density at radius 1 is 1.32 bits per heavy atom. The molecule has 1 N–H and O–H groups in total. The summed E-state index contributed by atoms with van der Waals surface area (Å²) in [5, 5.41) is 3.60. The van der Waals surface area contributed by atoms with Crippen molar-refractivity contribution in [2.75, 3.05) is 0 Å². The van der Waals surface area contributed by atoms with Gasteiger partial charge in [0.2, 0.25) is 5.91 Å².